The lowest BCUT2D eigenvalue weighted by atomic mass is 10.0. The third kappa shape index (κ3) is 3.64. The molecule has 2 aromatic rings. The van der Waals surface area contributed by atoms with E-state index in [0.717, 1.165) is 12.1 Å². The molecule has 25 heavy (non-hydrogen) atoms. The van der Waals surface area contributed by atoms with Crippen LogP contribution in [0.2, 0.25) is 0 Å². The molecule has 0 aliphatic heterocycles. The van der Waals surface area contributed by atoms with Crippen LogP contribution in [0.15, 0.2) is 23.0 Å². The van der Waals surface area contributed by atoms with E-state index < -0.39 is 40.6 Å². The summed E-state index contributed by atoms with van der Waals surface area (Å²) in [6.45, 7) is 1.47. The summed E-state index contributed by atoms with van der Waals surface area (Å²) in [4.78, 5) is 38.7. The SMILES string of the molecule is CCc1c(C(=O)O)c(-c2ccc(F)c(F)c2)nc(=O)n1C(=O)NO.Cl. The highest BCUT2D eigenvalue weighted by Gasteiger charge is 2.25. The first-order valence-corrected chi connectivity index (χ1v) is 6.60. The summed E-state index contributed by atoms with van der Waals surface area (Å²) < 4.78 is 26.8. The quantitative estimate of drug-likeness (QED) is 0.555. The Balaban J connectivity index is 0.00000312. The van der Waals surface area contributed by atoms with Crippen molar-refractivity contribution in [1.82, 2.24) is 15.0 Å². The number of nitrogens with zero attached hydrogens (tertiary/aromatic N) is 2. The van der Waals surface area contributed by atoms with E-state index in [9.17, 15) is 28.3 Å². The zero-order chi connectivity index (χ0) is 18.0. The Bertz CT molecular complexity index is 901. The summed E-state index contributed by atoms with van der Waals surface area (Å²) in [7, 11) is 0. The molecule has 3 N–H and O–H groups in total. The van der Waals surface area contributed by atoms with E-state index in [1.54, 1.807) is 0 Å². The van der Waals surface area contributed by atoms with Crippen LogP contribution in [-0.2, 0) is 6.42 Å². The minimum Gasteiger partial charge on any atom is -0.478 e. The molecule has 0 saturated carbocycles. The number of amides is 1. The van der Waals surface area contributed by atoms with Gasteiger partial charge in [0.05, 0.1) is 5.69 Å². The van der Waals surface area contributed by atoms with Gasteiger partial charge >= 0.3 is 17.7 Å². The van der Waals surface area contributed by atoms with Crippen molar-refractivity contribution in [2.45, 2.75) is 13.3 Å². The molecule has 11 heteroatoms. The number of hydroxylamine groups is 1. The van der Waals surface area contributed by atoms with E-state index in [1.807, 2.05) is 0 Å². The van der Waals surface area contributed by atoms with Gasteiger partial charge in [-0.3, -0.25) is 5.21 Å². The van der Waals surface area contributed by atoms with Crippen LogP contribution < -0.4 is 11.2 Å². The van der Waals surface area contributed by atoms with Gasteiger partial charge in [-0.05, 0) is 24.6 Å². The van der Waals surface area contributed by atoms with Gasteiger partial charge in [0.1, 0.15) is 5.56 Å². The van der Waals surface area contributed by atoms with E-state index in [1.165, 1.54) is 12.4 Å². The highest BCUT2D eigenvalue weighted by atomic mass is 35.5. The zero-order valence-electron chi connectivity index (χ0n) is 12.6. The second-order valence-corrected chi connectivity index (χ2v) is 4.60. The molecule has 1 heterocycles. The van der Waals surface area contributed by atoms with Crippen LogP contribution in [0.5, 0.6) is 0 Å². The van der Waals surface area contributed by atoms with Crippen LogP contribution in [-0.4, -0.2) is 31.9 Å². The lowest BCUT2D eigenvalue weighted by molar-refractivity contribution is 0.0695. The molecule has 1 amide bonds. The van der Waals surface area contributed by atoms with Crippen LogP contribution in [0.25, 0.3) is 11.3 Å². The topological polar surface area (TPSA) is 122 Å². The number of hydrogen-bond acceptors (Lipinski definition) is 5. The zero-order valence-corrected chi connectivity index (χ0v) is 13.4. The molecule has 1 aromatic heterocycles. The van der Waals surface area contributed by atoms with Crippen LogP contribution in [0, 0.1) is 11.6 Å². The van der Waals surface area contributed by atoms with Crippen LogP contribution >= 0.6 is 12.4 Å². The highest BCUT2D eigenvalue weighted by Crippen LogP contribution is 2.25. The predicted octanol–water partition coefficient (Wildman–Crippen LogP) is 1.82. The Morgan fingerprint density at radius 2 is 1.92 bits per heavy atom. The summed E-state index contributed by atoms with van der Waals surface area (Å²) in [6, 6.07) is 1.22. The minimum atomic E-state index is -1.53. The van der Waals surface area contributed by atoms with E-state index in [0.29, 0.717) is 10.6 Å². The van der Waals surface area contributed by atoms with Gasteiger partial charge in [-0.1, -0.05) is 6.92 Å². The first kappa shape index (κ1) is 20.2. The molecule has 0 spiro atoms. The lowest BCUT2D eigenvalue weighted by Crippen LogP contribution is -2.39. The second kappa shape index (κ2) is 7.81. The fourth-order valence-corrected chi connectivity index (χ4v) is 2.24. The Kier molecular flexibility index (Phi) is 6.31. The number of carbonyl (C=O) groups is 2. The predicted molar refractivity (Wildman–Crippen MR) is 83.2 cm³/mol. The normalized spacial score (nSPS) is 10.1. The summed E-state index contributed by atoms with van der Waals surface area (Å²) in [6.07, 6.45) is -0.0799. The molecule has 0 bridgehead atoms. The van der Waals surface area contributed by atoms with Gasteiger partial charge in [-0.25, -0.2) is 33.2 Å². The second-order valence-electron chi connectivity index (χ2n) is 4.60. The van der Waals surface area contributed by atoms with E-state index in [-0.39, 0.29) is 30.1 Å². The number of carboxylic acid groups (broad SMARTS) is 1. The Labute approximate surface area is 145 Å². The molecule has 0 fully saturated rings. The maximum atomic E-state index is 13.4. The fraction of sp³-hybridized carbons (Fsp3) is 0.143. The van der Waals surface area contributed by atoms with Crippen LogP contribution in [0.3, 0.4) is 0 Å². The molecular formula is C14H12ClF2N3O5. The molecule has 0 aliphatic rings. The molecule has 0 radical (unpaired) electrons. The maximum Gasteiger partial charge on any atom is 0.356 e. The van der Waals surface area contributed by atoms with E-state index in [2.05, 4.69) is 4.98 Å². The summed E-state index contributed by atoms with van der Waals surface area (Å²) in [5, 5.41) is 18.1. The number of nitrogens with one attached hydrogen (secondary N) is 1. The summed E-state index contributed by atoms with van der Waals surface area (Å²) in [5.74, 6) is -3.93. The van der Waals surface area contributed by atoms with Crippen LogP contribution in [0.1, 0.15) is 23.0 Å². The van der Waals surface area contributed by atoms with Gasteiger partial charge in [-0.15, -0.1) is 12.4 Å². The molecule has 1 aromatic carbocycles. The van der Waals surface area contributed by atoms with Gasteiger partial charge in [0, 0.05) is 11.3 Å². The average Bonchev–Trinajstić information content (AvgIpc) is 2.55. The Morgan fingerprint density at radius 1 is 1.28 bits per heavy atom. The summed E-state index contributed by atoms with van der Waals surface area (Å²) in [5.41, 5.74) is -1.30. The Hall–Kier alpha value is -2.85. The van der Waals surface area contributed by atoms with Gasteiger partial charge in [0.25, 0.3) is 0 Å². The number of aromatic nitrogens is 2. The largest absolute Gasteiger partial charge is 0.478 e. The van der Waals surface area contributed by atoms with Crippen molar-refractivity contribution < 1.29 is 28.7 Å². The van der Waals surface area contributed by atoms with Crippen molar-refractivity contribution in [2.24, 2.45) is 0 Å². The first-order chi connectivity index (χ1) is 11.3. The van der Waals surface area contributed by atoms with Crippen molar-refractivity contribution in [3.63, 3.8) is 0 Å². The first-order valence-electron chi connectivity index (χ1n) is 6.60. The summed E-state index contributed by atoms with van der Waals surface area (Å²) >= 11 is 0. The van der Waals surface area contributed by atoms with Crippen molar-refractivity contribution in [3.05, 3.63) is 51.6 Å². The number of carboxylic acids is 1. The van der Waals surface area contributed by atoms with E-state index >= 15 is 0 Å². The van der Waals surface area contributed by atoms with Crippen molar-refractivity contribution >= 4 is 24.4 Å². The monoisotopic (exact) mass is 375 g/mol. The highest BCUT2D eigenvalue weighted by molar-refractivity contribution is 5.97. The van der Waals surface area contributed by atoms with Gasteiger partial charge < -0.3 is 5.11 Å². The molecule has 8 nitrogen and oxygen atoms in total. The number of benzene rings is 1. The van der Waals surface area contributed by atoms with E-state index in [4.69, 9.17) is 5.21 Å². The number of aromatic carboxylic acids is 1. The van der Waals surface area contributed by atoms with Crippen molar-refractivity contribution in [1.29, 1.82) is 0 Å². The van der Waals surface area contributed by atoms with Gasteiger partial charge in [0.15, 0.2) is 11.6 Å². The van der Waals surface area contributed by atoms with Crippen molar-refractivity contribution in [3.8, 4) is 11.3 Å². The number of rotatable bonds is 3. The molecular weight excluding hydrogens is 364 g/mol. The smallest absolute Gasteiger partial charge is 0.356 e. The maximum absolute atomic E-state index is 13.4. The average molecular weight is 376 g/mol. The Morgan fingerprint density at radius 3 is 2.40 bits per heavy atom. The number of halogens is 3. The minimum absolute atomic E-state index is 0. The third-order valence-electron chi connectivity index (χ3n) is 3.23. The van der Waals surface area contributed by atoms with Crippen LogP contribution in [0.4, 0.5) is 13.6 Å². The number of carbonyl (C=O) groups excluding carboxylic acids is 1. The molecule has 134 valence electrons. The van der Waals surface area contributed by atoms with Gasteiger partial charge in [0.2, 0.25) is 0 Å². The number of hydrogen-bond donors (Lipinski definition) is 3. The molecule has 2 rings (SSSR count). The lowest BCUT2D eigenvalue weighted by Gasteiger charge is -2.14. The third-order valence-corrected chi connectivity index (χ3v) is 3.23. The molecule has 0 unspecified atom stereocenters. The molecule has 0 atom stereocenters. The van der Waals surface area contributed by atoms with Crippen molar-refractivity contribution in [2.75, 3.05) is 0 Å². The molecule has 0 saturated heterocycles. The molecule has 0 aliphatic carbocycles. The fourth-order valence-electron chi connectivity index (χ4n) is 2.24. The standard InChI is InChI=1S/C14H11F2N3O5.ClH/c1-2-9-10(12(20)21)11(6-3-4-7(15)8(16)5-6)17-13(22)19(9)14(23)18-24;/h3-5,24H,2H2,1H3,(H,18,23)(H,20,21);1H. The van der Waals surface area contributed by atoms with Gasteiger partial charge in [-0.2, -0.15) is 4.98 Å².